The molecule has 2 aliphatic rings. The van der Waals surface area contributed by atoms with Crippen LogP contribution < -0.4 is 10.0 Å². The normalized spacial score (nSPS) is 22.2. The molecule has 4 rings (SSSR count). The third-order valence-electron chi connectivity index (χ3n) is 5.12. The van der Waals surface area contributed by atoms with Gasteiger partial charge in [-0.1, -0.05) is 24.3 Å². The molecule has 0 bridgehead atoms. The second-order valence-electron chi connectivity index (χ2n) is 6.72. The van der Waals surface area contributed by atoms with Crippen molar-refractivity contribution in [2.45, 2.75) is 43.0 Å². The minimum atomic E-state index is -3.65. The van der Waals surface area contributed by atoms with E-state index in [2.05, 4.69) is 16.1 Å². The molecular formula is C19H20N2O3S. The fourth-order valence-corrected chi connectivity index (χ4v) is 4.98. The van der Waals surface area contributed by atoms with Gasteiger partial charge in [0.2, 0.25) is 15.9 Å². The minimum absolute atomic E-state index is 0.0984. The SMILES string of the molecule is C[C@@H]1C(=O)Nc2ccc(S(=O)(=O)N[C@@H]3CCCc4ccccc43)cc21. The highest BCUT2D eigenvalue weighted by molar-refractivity contribution is 7.89. The molecule has 5 nitrogen and oxygen atoms in total. The van der Waals surface area contributed by atoms with Crippen molar-refractivity contribution in [2.75, 3.05) is 5.32 Å². The number of carbonyl (C=O) groups excluding carboxylic acids is 1. The average Bonchev–Trinajstić information content (AvgIpc) is 2.89. The average molecular weight is 356 g/mol. The lowest BCUT2D eigenvalue weighted by Crippen LogP contribution is -2.31. The first-order chi connectivity index (χ1) is 12.0. The molecule has 2 aromatic carbocycles. The quantitative estimate of drug-likeness (QED) is 0.887. The first kappa shape index (κ1) is 16.3. The Morgan fingerprint density at radius 1 is 1.12 bits per heavy atom. The second kappa shape index (κ2) is 5.97. The Bertz CT molecular complexity index is 953. The first-order valence-electron chi connectivity index (χ1n) is 8.50. The first-order valence-corrected chi connectivity index (χ1v) is 9.99. The maximum Gasteiger partial charge on any atom is 0.241 e. The molecule has 0 unspecified atom stereocenters. The van der Waals surface area contributed by atoms with Gasteiger partial charge in [-0.15, -0.1) is 0 Å². The summed E-state index contributed by atoms with van der Waals surface area (Å²) in [4.78, 5) is 12.0. The molecule has 0 aromatic heterocycles. The zero-order valence-electron chi connectivity index (χ0n) is 14.0. The molecule has 0 fully saturated rings. The molecule has 1 aliphatic carbocycles. The van der Waals surface area contributed by atoms with Crippen LogP contribution in [-0.2, 0) is 21.2 Å². The van der Waals surface area contributed by atoms with E-state index in [0.29, 0.717) is 5.69 Å². The van der Waals surface area contributed by atoms with Gasteiger partial charge in [0.05, 0.1) is 10.8 Å². The number of anilines is 1. The highest BCUT2D eigenvalue weighted by Gasteiger charge is 2.30. The number of carbonyl (C=O) groups is 1. The van der Waals surface area contributed by atoms with E-state index in [4.69, 9.17) is 0 Å². The molecule has 6 heteroatoms. The molecule has 2 N–H and O–H groups in total. The number of hydrogen-bond acceptors (Lipinski definition) is 3. The minimum Gasteiger partial charge on any atom is -0.325 e. The number of hydrogen-bond donors (Lipinski definition) is 2. The van der Waals surface area contributed by atoms with Crippen LogP contribution in [0.1, 0.15) is 48.4 Å². The summed E-state index contributed by atoms with van der Waals surface area (Å²) in [5.74, 6) is -0.431. The number of rotatable bonds is 3. The maximum atomic E-state index is 12.9. The van der Waals surface area contributed by atoms with Crippen LogP contribution in [0.5, 0.6) is 0 Å². The number of nitrogens with one attached hydrogen (secondary N) is 2. The summed E-state index contributed by atoms with van der Waals surface area (Å²) in [6.07, 6.45) is 2.74. The van der Waals surface area contributed by atoms with Gasteiger partial charge in [-0.2, -0.15) is 0 Å². The predicted octanol–water partition coefficient (Wildman–Crippen LogP) is 3.10. The topological polar surface area (TPSA) is 75.3 Å². The summed E-state index contributed by atoms with van der Waals surface area (Å²) in [5, 5.41) is 2.77. The molecule has 1 heterocycles. The van der Waals surface area contributed by atoms with Gasteiger partial charge in [0, 0.05) is 11.7 Å². The highest BCUT2D eigenvalue weighted by Crippen LogP contribution is 2.35. The molecule has 0 saturated heterocycles. The van der Waals surface area contributed by atoms with Crippen molar-refractivity contribution in [1.82, 2.24) is 4.72 Å². The molecule has 130 valence electrons. The summed E-state index contributed by atoms with van der Waals surface area (Å²) in [6.45, 7) is 1.78. The van der Waals surface area contributed by atoms with E-state index in [1.54, 1.807) is 25.1 Å². The zero-order chi connectivity index (χ0) is 17.6. The molecular weight excluding hydrogens is 336 g/mol. The Balaban J connectivity index is 1.65. The summed E-state index contributed by atoms with van der Waals surface area (Å²) in [7, 11) is -3.65. The third kappa shape index (κ3) is 2.85. The van der Waals surface area contributed by atoms with Crippen molar-refractivity contribution in [3.63, 3.8) is 0 Å². The molecule has 0 radical (unpaired) electrons. The van der Waals surface area contributed by atoms with Gasteiger partial charge in [-0.3, -0.25) is 4.79 Å². The van der Waals surface area contributed by atoms with Crippen LogP contribution >= 0.6 is 0 Å². The molecule has 0 saturated carbocycles. The van der Waals surface area contributed by atoms with Gasteiger partial charge < -0.3 is 5.32 Å². The summed E-state index contributed by atoms with van der Waals surface area (Å²) in [5.41, 5.74) is 3.69. The lowest BCUT2D eigenvalue weighted by Gasteiger charge is -2.26. The standard InChI is InChI=1S/C19H20N2O3S/c1-12-16-11-14(9-10-17(16)20-19(12)22)25(23,24)21-18-8-4-6-13-5-2-3-7-15(13)18/h2-3,5,7,9-12,18,21H,4,6,8H2,1H3,(H,20,22)/t12-,18+/m0/s1. The van der Waals surface area contributed by atoms with Gasteiger partial charge in [0.25, 0.3) is 0 Å². The van der Waals surface area contributed by atoms with Crippen LogP contribution in [0.4, 0.5) is 5.69 Å². The lowest BCUT2D eigenvalue weighted by atomic mass is 9.88. The smallest absolute Gasteiger partial charge is 0.241 e. The van der Waals surface area contributed by atoms with Gasteiger partial charge in [-0.05, 0) is 61.1 Å². The van der Waals surface area contributed by atoms with Crippen LogP contribution in [0.2, 0.25) is 0 Å². The van der Waals surface area contributed by atoms with Crippen LogP contribution in [-0.4, -0.2) is 14.3 Å². The fourth-order valence-electron chi connectivity index (χ4n) is 3.69. The summed E-state index contributed by atoms with van der Waals surface area (Å²) >= 11 is 0. The van der Waals surface area contributed by atoms with E-state index < -0.39 is 10.0 Å². The monoisotopic (exact) mass is 356 g/mol. The Hall–Kier alpha value is -2.18. The van der Waals surface area contributed by atoms with E-state index in [0.717, 1.165) is 30.4 Å². The zero-order valence-corrected chi connectivity index (χ0v) is 14.8. The van der Waals surface area contributed by atoms with Crippen LogP contribution in [0.3, 0.4) is 0 Å². The van der Waals surface area contributed by atoms with E-state index in [9.17, 15) is 13.2 Å². The van der Waals surface area contributed by atoms with Gasteiger partial charge in [0.15, 0.2) is 0 Å². The van der Waals surface area contributed by atoms with E-state index in [1.807, 2.05) is 18.2 Å². The molecule has 1 aliphatic heterocycles. The number of benzene rings is 2. The number of sulfonamides is 1. The van der Waals surface area contributed by atoms with Crippen LogP contribution in [0.25, 0.3) is 0 Å². The third-order valence-corrected chi connectivity index (χ3v) is 6.59. The van der Waals surface area contributed by atoms with Gasteiger partial charge in [0.1, 0.15) is 0 Å². The van der Waals surface area contributed by atoms with E-state index in [1.165, 1.54) is 5.56 Å². The van der Waals surface area contributed by atoms with Crippen molar-refractivity contribution in [3.05, 3.63) is 59.2 Å². The summed E-state index contributed by atoms with van der Waals surface area (Å²) < 4.78 is 28.6. The Labute approximate surface area is 147 Å². The second-order valence-corrected chi connectivity index (χ2v) is 8.44. The van der Waals surface area contributed by atoms with Gasteiger partial charge >= 0.3 is 0 Å². The number of fused-ring (bicyclic) bond motifs is 2. The fraction of sp³-hybridized carbons (Fsp3) is 0.316. The van der Waals surface area contributed by atoms with Gasteiger partial charge in [-0.25, -0.2) is 13.1 Å². The maximum absolute atomic E-state index is 12.9. The van der Waals surface area contributed by atoms with Crippen molar-refractivity contribution in [2.24, 2.45) is 0 Å². The Morgan fingerprint density at radius 3 is 2.76 bits per heavy atom. The molecule has 1 amide bonds. The largest absolute Gasteiger partial charge is 0.325 e. The predicted molar refractivity (Wildman–Crippen MR) is 95.9 cm³/mol. The van der Waals surface area contributed by atoms with Crippen LogP contribution in [0, 0.1) is 0 Å². The Morgan fingerprint density at radius 2 is 1.92 bits per heavy atom. The summed E-state index contributed by atoms with van der Waals surface area (Å²) in [6, 6.07) is 12.6. The van der Waals surface area contributed by atoms with Crippen molar-refractivity contribution in [1.29, 1.82) is 0 Å². The molecule has 0 spiro atoms. The number of amides is 1. The highest BCUT2D eigenvalue weighted by atomic mass is 32.2. The number of aryl methyl sites for hydroxylation is 1. The van der Waals surface area contributed by atoms with Crippen LogP contribution in [0.15, 0.2) is 47.4 Å². The van der Waals surface area contributed by atoms with Crippen molar-refractivity contribution < 1.29 is 13.2 Å². The molecule has 25 heavy (non-hydrogen) atoms. The van der Waals surface area contributed by atoms with Crippen molar-refractivity contribution in [3.8, 4) is 0 Å². The molecule has 2 aromatic rings. The van der Waals surface area contributed by atoms with Crippen molar-refractivity contribution >= 4 is 21.6 Å². The van der Waals surface area contributed by atoms with E-state index in [-0.39, 0.29) is 22.8 Å². The molecule has 2 atom stereocenters. The van der Waals surface area contributed by atoms with E-state index >= 15 is 0 Å². The lowest BCUT2D eigenvalue weighted by molar-refractivity contribution is -0.116. The Kier molecular flexibility index (Phi) is 3.89.